The quantitative estimate of drug-likeness (QED) is 0.587. The highest BCUT2D eigenvalue weighted by atomic mass is 16.5. The number of carboxylic acid groups (broad SMARTS) is 1. The standard InChI is InChI=1S/C12H20N2O6/c1-2-14(8-6-20-5-7(8)11(17)18)12(19)13-3-9(15)10(16)4-13/h7-10,15-16H,2-6H2,1H3,(H,17,18). The van der Waals surface area contributed by atoms with Gasteiger partial charge in [-0.25, -0.2) is 4.79 Å². The van der Waals surface area contributed by atoms with Gasteiger partial charge in [-0.15, -0.1) is 0 Å². The molecular formula is C12H20N2O6. The first-order chi connectivity index (χ1) is 9.45. The maximum Gasteiger partial charge on any atom is 0.320 e. The van der Waals surface area contributed by atoms with Gasteiger partial charge in [0.25, 0.3) is 0 Å². The number of hydrogen-bond acceptors (Lipinski definition) is 5. The van der Waals surface area contributed by atoms with Gasteiger partial charge in [0.15, 0.2) is 0 Å². The van der Waals surface area contributed by atoms with Crippen LogP contribution in [0.3, 0.4) is 0 Å². The highest BCUT2D eigenvalue weighted by Crippen LogP contribution is 2.22. The molecule has 2 aliphatic heterocycles. The van der Waals surface area contributed by atoms with Crippen LogP contribution in [0.1, 0.15) is 6.92 Å². The summed E-state index contributed by atoms with van der Waals surface area (Å²) in [7, 11) is 0. The monoisotopic (exact) mass is 288 g/mol. The van der Waals surface area contributed by atoms with Crippen molar-refractivity contribution in [3.05, 3.63) is 0 Å². The minimum absolute atomic E-state index is 0.0574. The smallest absolute Gasteiger partial charge is 0.320 e. The number of carboxylic acids is 1. The fraction of sp³-hybridized carbons (Fsp3) is 0.833. The molecule has 8 heteroatoms. The zero-order chi connectivity index (χ0) is 14.9. The molecule has 4 unspecified atom stereocenters. The van der Waals surface area contributed by atoms with E-state index in [1.54, 1.807) is 6.92 Å². The van der Waals surface area contributed by atoms with Gasteiger partial charge in [-0.3, -0.25) is 4.79 Å². The first-order valence-electron chi connectivity index (χ1n) is 6.68. The van der Waals surface area contributed by atoms with E-state index < -0.39 is 30.1 Å². The molecule has 0 aliphatic carbocycles. The molecule has 0 radical (unpaired) electrons. The second-order valence-electron chi connectivity index (χ2n) is 5.16. The van der Waals surface area contributed by atoms with Gasteiger partial charge in [0, 0.05) is 6.54 Å². The number of aliphatic carboxylic acids is 1. The first-order valence-corrected chi connectivity index (χ1v) is 6.68. The number of hydrogen-bond donors (Lipinski definition) is 3. The second-order valence-corrected chi connectivity index (χ2v) is 5.16. The van der Waals surface area contributed by atoms with Crippen LogP contribution < -0.4 is 0 Å². The minimum Gasteiger partial charge on any atom is -0.481 e. The van der Waals surface area contributed by atoms with Crippen LogP contribution in [0.5, 0.6) is 0 Å². The lowest BCUT2D eigenvalue weighted by Gasteiger charge is -2.32. The zero-order valence-corrected chi connectivity index (χ0v) is 11.3. The highest BCUT2D eigenvalue weighted by molar-refractivity contribution is 5.77. The van der Waals surface area contributed by atoms with Crippen LogP contribution in [-0.2, 0) is 9.53 Å². The van der Waals surface area contributed by atoms with Crippen molar-refractivity contribution in [2.75, 3.05) is 32.8 Å². The Hall–Kier alpha value is -1.38. The highest BCUT2D eigenvalue weighted by Gasteiger charge is 2.42. The molecule has 2 aliphatic rings. The number of carbonyl (C=O) groups is 2. The Morgan fingerprint density at radius 3 is 2.35 bits per heavy atom. The maximum atomic E-state index is 12.4. The van der Waals surface area contributed by atoms with Gasteiger partial charge in [-0.2, -0.15) is 0 Å². The van der Waals surface area contributed by atoms with Crippen molar-refractivity contribution < 1.29 is 29.6 Å². The van der Waals surface area contributed by atoms with Gasteiger partial charge < -0.3 is 29.9 Å². The summed E-state index contributed by atoms with van der Waals surface area (Å²) in [6.45, 7) is 2.51. The first kappa shape index (κ1) is 15.0. The number of rotatable bonds is 3. The molecule has 3 N–H and O–H groups in total. The number of carbonyl (C=O) groups excluding carboxylic acids is 1. The summed E-state index contributed by atoms with van der Waals surface area (Å²) in [5.41, 5.74) is 0. The number of likely N-dealkylation sites (tertiary alicyclic amines) is 1. The normalized spacial score (nSPS) is 33.5. The van der Waals surface area contributed by atoms with E-state index in [0.29, 0.717) is 6.54 Å². The van der Waals surface area contributed by atoms with Gasteiger partial charge in [-0.1, -0.05) is 0 Å². The van der Waals surface area contributed by atoms with Crippen molar-refractivity contribution in [2.24, 2.45) is 5.92 Å². The molecule has 2 amide bonds. The van der Waals surface area contributed by atoms with Gasteiger partial charge in [0.2, 0.25) is 0 Å². The molecule has 0 saturated carbocycles. The van der Waals surface area contributed by atoms with Crippen LogP contribution >= 0.6 is 0 Å². The van der Waals surface area contributed by atoms with Crippen molar-refractivity contribution in [2.45, 2.75) is 25.2 Å². The van der Waals surface area contributed by atoms with Crippen LogP contribution in [0, 0.1) is 5.92 Å². The van der Waals surface area contributed by atoms with Gasteiger partial charge in [0.1, 0.15) is 5.92 Å². The summed E-state index contributed by atoms with van der Waals surface area (Å²) in [6.07, 6.45) is -1.90. The Morgan fingerprint density at radius 1 is 1.25 bits per heavy atom. The van der Waals surface area contributed by atoms with E-state index >= 15 is 0 Å². The number of β-amino-alcohol motifs (C(OH)–C–C–N with tert-alkyl or cyclic N) is 2. The molecular weight excluding hydrogens is 268 g/mol. The molecule has 0 aromatic rings. The van der Waals surface area contributed by atoms with Gasteiger partial charge in [-0.05, 0) is 6.92 Å². The minimum atomic E-state index is -0.986. The van der Waals surface area contributed by atoms with Crippen molar-refractivity contribution in [1.29, 1.82) is 0 Å². The number of amides is 2. The number of ether oxygens (including phenoxy) is 1. The van der Waals surface area contributed by atoms with Crippen LogP contribution in [0.4, 0.5) is 4.79 Å². The Labute approximate surface area is 116 Å². The van der Waals surface area contributed by atoms with Gasteiger partial charge >= 0.3 is 12.0 Å². The summed E-state index contributed by atoms with van der Waals surface area (Å²) >= 11 is 0. The third kappa shape index (κ3) is 2.72. The lowest BCUT2D eigenvalue weighted by molar-refractivity contribution is -0.142. The van der Waals surface area contributed by atoms with E-state index in [-0.39, 0.29) is 32.3 Å². The van der Waals surface area contributed by atoms with E-state index in [1.165, 1.54) is 9.80 Å². The molecule has 2 heterocycles. The summed E-state index contributed by atoms with van der Waals surface area (Å²) < 4.78 is 5.18. The molecule has 2 fully saturated rings. The van der Waals surface area contributed by atoms with Crippen LogP contribution in [-0.4, -0.2) is 88.2 Å². The number of aliphatic hydroxyl groups is 2. The lowest BCUT2D eigenvalue weighted by atomic mass is 10.0. The largest absolute Gasteiger partial charge is 0.481 e. The number of likely N-dealkylation sites (N-methyl/N-ethyl adjacent to an activating group) is 1. The van der Waals surface area contributed by atoms with Crippen LogP contribution in [0.25, 0.3) is 0 Å². The van der Waals surface area contributed by atoms with Crippen LogP contribution in [0.15, 0.2) is 0 Å². The summed E-state index contributed by atoms with van der Waals surface area (Å²) in [6, 6.07) is -0.885. The molecule has 0 bridgehead atoms. The summed E-state index contributed by atoms with van der Waals surface area (Å²) in [4.78, 5) is 26.4. The lowest BCUT2D eigenvalue weighted by Crippen LogP contribution is -2.51. The molecule has 114 valence electrons. The maximum absolute atomic E-state index is 12.4. The molecule has 4 atom stereocenters. The molecule has 2 saturated heterocycles. The third-order valence-electron chi connectivity index (χ3n) is 3.88. The SMILES string of the molecule is CCN(C(=O)N1CC(O)C(O)C1)C1COCC1C(=O)O. The molecule has 0 aromatic carbocycles. The molecule has 0 aromatic heterocycles. The molecule has 8 nitrogen and oxygen atoms in total. The van der Waals surface area contributed by atoms with E-state index in [0.717, 1.165) is 0 Å². The Bertz CT molecular complexity index is 380. The van der Waals surface area contributed by atoms with E-state index in [1.807, 2.05) is 0 Å². The predicted molar refractivity (Wildman–Crippen MR) is 67.1 cm³/mol. The van der Waals surface area contributed by atoms with Crippen LogP contribution in [0.2, 0.25) is 0 Å². The van der Waals surface area contributed by atoms with E-state index in [4.69, 9.17) is 9.84 Å². The van der Waals surface area contributed by atoms with Crippen molar-refractivity contribution in [3.63, 3.8) is 0 Å². The topological polar surface area (TPSA) is 111 Å². The second kappa shape index (κ2) is 5.94. The van der Waals surface area contributed by atoms with E-state index in [9.17, 15) is 19.8 Å². The Morgan fingerprint density at radius 2 is 1.85 bits per heavy atom. The molecule has 20 heavy (non-hydrogen) atoms. The summed E-state index contributed by atoms with van der Waals surface area (Å²) in [5, 5.41) is 28.1. The average molecular weight is 288 g/mol. The van der Waals surface area contributed by atoms with Crippen molar-refractivity contribution in [3.8, 4) is 0 Å². The van der Waals surface area contributed by atoms with Crippen molar-refractivity contribution >= 4 is 12.0 Å². The number of aliphatic hydroxyl groups excluding tert-OH is 2. The third-order valence-corrected chi connectivity index (χ3v) is 3.88. The fourth-order valence-electron chi connectivity index (χ4n) is 2.70. The Balaban J connectivity index is 2.08. The number of urea groups is 1. The van der Waals surface area contributed by atoms with Gasteiger partial charge in [0.05, 0.1) is 44.6 Å². The number of nitrogens with zero attached hydrogens (tertiary/aromatic N) is 2. The van der Waals surface area contributed by atoms with Crippen molar-refractivity contribution in [1.82, 2.24) is 9.80 Å². The molecule has 0 spiro atoms. The average Bonchev–Trinajstić information content (AvgIpc) is 2.98. The molecule has 2 rings (SSSR count). The Kier molecular flexibility index (Phi) is 4.46. The zero-order valence-electron chi connectivity index (χ0n) is 11.3. The fourth-order valence-corrected chi connectivity index (χ4v) is 2.70. The van der Waals surface area contributed by atoms with E-state index in [2.05, 4.69) is 0 Å². The predicted octanol–water partition coefficient (Wildman–Crippen LogP) is -1.43. The summed E-state index contributed by atoms with van der Waals surface area (Å²) in [5.74, 6) is -1.73.